The Morgan fingerprint density at radius 2 is 0.595 bits per heavy atom. The lowest BCUT2D eigenvalue weighted by Gasteiger charge is -2.25. The Bertz CT molecular complexity index is 4520. The molecule has 0 aliphatic heterocycles. The zero-order valence-corrected chi connectivity index (χ0v) is 42.1. The fourth-order valence-electron chi connectivity index (χ4n) is 13.5. The second-order valence-electron chi connectivity index (χ2n) is 21.9. The lowest BCUT2D eigenvalue weighted by atomic mass is 9.78. The summed E-state index contributed by atoms with van der Waals surface area (Å²) in [6.07, 6.45) is 0. The quantitative estimate of drug-likeness (QED) is 0.151. The lowest BCUT2D eigenvalue weighted by molar-refractivity contribution is 0.660. The number of hydrogen-bond acceptors (Lipinski definition) is 0. The van der Waals surface area contributed by atoms with Gasteiger partial charge in [0.05, 0.1) is 0 Å². The molecule has 0 amide bonds. The minimum absolute atomic E-state index is 0.176. The summed E-state index contributed by atoms with van der Waals surface area (Å²) in [5.41, 5.74) is 22.8. The van der Waals surface area contributed by atoms with Crippen LogP contribution in [0.4, 0.5) is 0 Å². The molecule has 13 aromatic rings. The smallest absolute Gasteiger partial charge is 0.0159 e. The Labute approximate surface area is 432 Å². The van der Waals surface area contributed by atoms with Crippen molar-refractivity contribution in [3.8, 4) is 77.9 Å². The molecule has 0 saturated carbocycles. The molecule has 0 fully saturated rings. The average Bonchev–Trinajstić information content (AvgIpc) is 3.82. The standard InChI is InChI=1S/C74H52/c1-73(2)67-28-16-14-26-58(67)60-36-32-51(43-69(60)73)71-65-41-49(63-40-48-22-10-11-23-53(48)54-24-12-13-25-55(54)63)30-34-56(65)57-35-31-50(64-39-47-21-9-8-20-46(47)38-62(64)45-18-6-5-7-19-45)42-66(57)72(71)52-33-37-61-59-27-15-17-29-68(59)74(3,4)70(61)44-52/h5-44H,1-4H3. The van der Waals surface area contributed by atoms with Gasteiger partial charge in [-0.25, -0.2) is 0 Å². The lowest BCUT2D eigenvalue weighted by Crippen LogP contribution is -2.15. The highest BCUT2D eigenvalue weighted by Crippen LogP contribution is 2.55. The van der Waals surface area contributed by atoms with Crippen LogP contribution >= 0.6 is 0 Å². The second kappa shape index (κ2) is 15.8. The minimum atomic E-state index is -0.177. The van der Waals surface area contributed by atoms with Gasteiger partial charge < -0.3 is 0 Å². The molecule has 0 unspecified atom stereocenters. The molecule has 0 heterocycles. The van der Waals surface area contributed by atoms with E-state index in [4.69, 9.17) is 0 Å². The van der Waals surface area contributed by atoms with Gasteiger partial charge in [0.1, 0.15) is 0 Å². The van der Waals surface area contributed by atoms with Crippen molar-refractivity contribution in [1.29, 1.82) is 0 Å². The highest BCUT2D eigenvalue weighted by Gasteiger charge is 2.37. The summed E-state index contributed by atoms with van der Waals surface area (Å²) in [6.45, 7) is 9.63. The molecule has 0 saturated heterocycles. The van der Waals surface area contributed by atoms with Gasteiger partial charge in [-0.1, -0.05) is 228 Å². The number of rotatable bonds is 5. The van der Waals surface area contributed by atoms with Crippen LogP contribution in [0.1, 0.15) is 49.9 Å². The van der Waals surface area contributed by atoms with E-state index in [9.17, 15) is 0 Å². The molecule has 0 bridgehead atoms. The molecule has 348 valence electrons. The Balaban J connectivity index is 1.09. The Morgan fingerprint density at radius 1 is 0.203 bits per heavy atom. The molecular weight excluding hydrogens is 889 g/mol. The van der Waals surface area contributed by atoms with Crippen LogP contribution in [0.15, 0.2) is 243 Å². The third kappa shape index (κ3) is 6.21. The molecule has 0 aromatic heterocycles. The maximum absolute atomic E-state index is 2.55. The Kier molecular flexibility index (Phi) is 9.16. The topological polar surface area (TPSA) is 0 Å². The first-order valence-electron chi connectivity index (χ1n) is 26.2. The number of hydrogen-bond donors (Lipinski definition) is 0. The summed E-state index contributed by atoms with van der Waals surface area (Å²) in [4.78, 5) is 0. The molecule has 0 nitrogen and oxygen atoms in total. The molecule has 2 aliphatic carbocycles. The first-order chi connectivity index (χ1) is 36.2. The predicted molar refractivity (Wildman–Crippen MR) is 316 cm³/mol. The maximum atomic E-state index is 2.55. The average molecular weight is 941 g/mol. The SMILES string of the molecule is CC1(C)c2ccccc2-c2ccc(-c3c(-c4ccc5c(c4)C(C)(C)c4ccccc4-5)c4cc(-c5cc6ccccc6c6ccccc56)ccc4c4ccc(-c5cc6ccccc6cc5-c5ccccc5)cc34)cc21. The molecule has 74 heavy (non-hydrogen) atoms. The molecular formula is C74H52. The molecule has 0 atom stereocenters. The Morgan fingerprint density at radius 3 is 1.16 bits per heavy atom. The largest absolute Gasteiger partial charge is 0.0622 e. The van der Waals surface area contributed by atoms with Crippen LogP contribution in [0.2, 0.25) is 0 Å². The monoisotopic (exact) mass is 940 g/mol. The van der Waals surface area contributed by atoms with Crippen LogP contribution in [0, 0.1) is 0 Å². The van der Waals surface area contributed by atoms with Gasteiger partial charge in [-0.2, -0.15) is 0 Å². The fraction of sp³-hybridized carbons (Fsp3) is 0.0811. The molecule has 0 N–H and O–H groups in total. The van der Waals surface area contributed by atoms with E-state index in [1.807, 2.05) is 0 Å². The first-order valence-corrected chi connectivity index (χ1v) is 26.2. The van der Waals surface area contributed by atoms with Crippen LogP contribution in [0.3, 0.4) is 0 Å². The van der Waals surface area contributed by atoms with Crippen molar-refractivity contribution >= 4 is 53.9 Å². The van der Waals surface area contributed by atoms with Gasteiger partial charge in [-0.05, 0) is 196 Å². The van der Waals surface area contributed by atoms with E-state index in [1.165, 1.54) is 154 Å². The predicted octanol–water partition coefficient (Wildman–Crippen LogP) is 20.4. The van der Waals surface area contributed by atoms with Crippen molar-refractivity contribution in [2.75, 3.05) is 0 Å². The molecule has 0 radical (unpaired) electrons. The van der Waals surface area contributed by atoms with Gasteiger partial charge in [0.15, 0.2) is 0 Å². The van der Waals surface area contributed by atoms with E-state index in [0.717, 1.165) is 0 Å². The second-order valence-corrected chi connectivity index (χ2v) is 21.9. The van der Waals surface area contributed by atoms with Crippen LogP contribution in [0.5, 0.6) is 0 Å². The van der Waals surface area contributed by atoms with Crippen molar-refractivity contribution in [2.45, 2.75) is 38.5 Å². The van der Waals surface area contributed by atoms with E-state index < -0.39 is 0 Å². The van der Waals surface area contributed by atoms with E-state index in [0.29, 0.717) is 0 Å². The third-order valence-corrected chi connectivity index (χ3v) is 17.2. The molecule has 0 heteroatoms. The number of benzene rings is 13. The van der Waals surface area contributed by atoms with Crippen molar-refractivity contribution in [1.82, 2.24) is 0 Å². The molecule has 0 spiro atoms. The maximum Gasteiger partial charge on any atom is 0.0159 e. The van der Waals surface area contributed by atoms with Crippen molar-refractivity contribution in [3.05, 3.63) is 265 Å². The third-order valence-electron chi connectivity index (χ3n) is 17.2. The Hall–Kier alpha value is -8.84. The minimum Gasteiger partial charge on any atom is -0.0622 e. The van der Waals surface area contributed by atoms with Crippen molar-refractivity contribution in [2.24, 2.45) is 0 Å². The van der Waals surface area contributed by atoms with Gasteiger partial charge in [0.25, 0.3) is 0 Å². The summed E-state index contributed by atoms with van der Waals surface area (Å²) in [5, 5.41) is 12.5. The molecule has 2 aliphatic rings. The van der Waals surface area contributed by atoms with E-state index >= 15 is 0 Å². The summed E-state index contributed by atoms with van der Waals surface area (Å²) in [6, 6.07) is 92.2. The van der Waals surface area contributed by atoms with Crippen LogP contribution in [-0.4, -0.2) is 0 Å². The summed E-state index contributed by atoms with van der Waals surface area (Å²) >= 11 is 0. The van der Waals surface area contributed by atoms with E-state index in [2.05, 4.69) is 270 Å². The zero-order chi connectivity index (χ0) is 49.5. The summed E-state index contributed by atoms with van der Waals surface area (Å²) in [7, 11) is 0. The zero-order valence-electron chi connectivity index (χ0n) is 42.1. The van der Waals surface area contributed by atoms with Crippen molar-refractivity contribution in [3.63, 3.8) is 0 Å². The highest BCUT2D eigenvalue weighted by atomic mass is 14.4. The normalized spacial score (nSPS) is 13.9. The van der Waals surface area contributed by atoms with Gasteiger partial charge >= 0.3 is 0 Å². The van der Waals surface area contributed by atoms with E-state index in [1.54, 1.807) is 0 Å². The summed E-state index contributed by atoms with van der Waals surface area (Å²) in [5.74, 6) is 0. The molecule has 13 aromatic carbocycles. The van der Waals surface area contributed by atoms with Gasteiger partial charge in [0.2, 0.25) is 0 Å². The van der Waals surface area contributed by atoms with E-state index in [-0.39, 0.29) is 10.8 Å². The number of fused-ring (bicyclic) bond motifs is 13. The van der Waals surface area contributed by atoms with Crippen LogP contribution in [0.25, 0.3) is 132 Å². The highest BCUT2D eigenvalue weighted by molar-refractivity contribution is 6.24. The van der Waals surface area contributed by atoms with Gasteiger partial charge in [-0.3, -0.25) is 0 Å². The fourth-order valence-corrected chi connectivity index (χ4v) is 13.5. The molecule has 15 rings (SSSR count). The first kappa shape index (κ1) is 42.8. The van der Waals surface area contributed by atoms with Crippen LogP contribution < -0.4 is 0 Å². The van der Waals surface area contributed by atoms with Gasteiger partial charge in [0, 0.05) is 10.8 Å². The van der Waals surface area contributed by atoms with Gasteiger partial charge in [-0.15, -0.1) is 0 Å². The van der Waals surface area contributed by atoms with Crippen LogP contribution in [-0.2, 0) is 10.8 Å². The summed E-state index contributed by atoms with van der Waals surface area (Å²) < 4.78 is 0. The van der Waals surface area contributed by atoms with Crippen molar-refractivity contribution < 1.29 is 0 Å².